The topological polar surface area (TPSA) is 40.2 Å². The van der Waals surface area contributed by atoms with Gasteiger partial charge in [-0.1, -0.05) is 20.8 Å². The second kappa shape index (κ2) is 11.4. The van der Waals surface area contributed by atoms with Crippen LogP contribution in [0.2, 0.25) is 0 Å². The van der Waals surface area contributed by atoms with Gasteiger partial charge in [0.05, 0.1) is 25.9 Å². The van der Waals surface area contributed by atoms with Gasteiger partial charge in [-0.25, -0.2) is 0 Å². The molecule has 0 aromatic rings. The van der Waals surface area contributed by atoms with Crippen molar-refractivity contribution < 1.29 is 18.9 Å². The Morgan fingerprint density at radius 3 is 1.88 bits per heavy atom. The Labute approximate surface area is 150 Å². The molecule has 5 heteroatoms. The van der Waals surface area contributed by atoms with Crippen LogP contribution in [0.5, 0.6) is 0 Å². The third kappa shape index (κ3) is 6.96. The molecule has 4 unspecified atom stereocenters. The van der Waals surface area contributed by atoms with Gasteiger partial charge < -0.3 is 23.8 Å². The summed E-state index contributed by atoms with van der Waals surface area (Å²) in [6.07, 6.45) is 3.22. The molecule has 4 atom stereocenters. The lowest BCUT2D eigenvalue weighted by Gasteiger charge is -2.46. The summed E-state index contributed by atoms with van der Waals surface area (Å²) in [5, 5.41) is 0. The fourth-order valence-corrected chi connectivity index (χ4v) is 3.17. The molecule has 0 aromatic carbocycles. The number of ether oxygens (including phenoxy) is 4. The van der Waals surface area contributed by atoms with Crippen molar-refractivity contribution in [3.63, 3.8) is 0 Å². The van der Waals surface area contributed by atoms with Gasteiger partial charge in [-0.3, -0.25) is 0 Å². The van der Waals surface area contributed by atoms with Crippen molar-refractivity contribution in [1.82, 2.24) is 4.90 Å². The van der Waals surface area contributed by atoms with Crippen molar-refractivity contribution in [2.75, 3.05) is 55.2 Å². The minimum absolute atomic E-state index is 0.0388. The number of hydrogen-bond acceptors (Lipinski definition) is 5. The molecule has 24 heavy (non-hydrogen) atoms. The Balaban J connectivity index is 4.88. The summed E-state index contributed by atoms with van der Waals surface area (Å²) in [6.45, 7) is 10.7. The molecule has 0 spiro atoms. The molecule has 0 amide bonds. The molecule has 0 saturated carbocycles. The summed E-state index contributed by atoms with van der Waals surface area (Å²) in [5.74, 6) is 0. The van der Waals surface area contributed by atoms with Crippen LogP contribution < -0.4 is 0 Å². The molecule has 0 bridgehead atoms. The van der Waals surface area contributed by atoms with E-state index >= 15 is 0 Å². The van der Waals surface area contributed by atoms with Gasteiger partial charge in [0.2, 0.25) is 0 Å². The molecular formula is C19H41NO4. The fourth-order valence-electron chi connectivity index (χ4n) is 3.17. The van der Waals surface area contributed by atoms with Gasteiger partial charge in [0.15, 0.2) is 0 Å². The maximum atomic E-state index is 5.91. The SMILES string of the molecule is CCC(C)(CC(C)(CC)N(C)C)C(COCC(COC)OC)OC. The van der Waals surface area contributed by atoms with Crippen LogP contribution in [0.25, 0.3) is 0 Å². The number of hydrogen-bond donors (Lipinski definition) is 0. The third-order valence-electron chi connectivity index (χ3n) is 5.75. The second-order valence-electron chi connectivity index (χ2n) is 7.50. The van der Waals surface area contributed by atoms with Crippen LogP contribution in [-0.2, 0) is 18.9 Å². The first-order valence-electron chi connectivity index (χ1n) is 9.02. The van der Waals surface area contributed by atoms with Crippen LogP contribution in [0.4, 0.5) is 0 Å². The number of nitrogens with zero attached hydrogens (tertiary/aromatic N) is 1. The lowest BCUT2D eigenvalue weighted by atomic mass is 9.71. The van der Waals surface area contributed by atoms with E-state index in [-0.39, 0.29) is 23.2 Å². The molecule has 5 nitrogen and oxygen atoms in total. The zero-order valence-corrected chi connectivity index (χ0v) is 17.5. The Bertz CT molecular complexity index is 326. The molecule has 0 saturated heterocycles. The van der Waals surface area contributed by atoms with E-state index in [1.807, 2.05) is 0 Å². The van der Waals surface area contributed by atoms with Crippen molar-refractivity contribution in [3.05, 3.63) is 0 Å². The van der Waals surface area contributed by atoms with Gasteiger partial charge in [-0.2, -0.15) is 0 Å². The van der Waals surface area contributed by atoms with Crippen LogP contribution in [0.15, 0.2) is 0 Å². The van der Waals surface area contributed by atoms with Gasteiger partial charge in [-0.15, -0.1) is 0 Å². The lowest BCUT2D eigenvalue weighted by molar-refractivity contribution is -0.1000. The molecule has 0 aliphatic heterocycles. The van der Waals surface area contributed by atoms with Crippen LogP contribution in [0, 0.1) is 5.41 Å². The van der Waals surface area contributed by atoms with Gasteiger partial charge in [0, 0.05) is 26.9 Å². The predicted octanol–water partition coefficient (Wildman–Crippen LogP) is 3.22. The summed E-state index contributed by atoms with van der Waals surface area (Å²) in [5.41, 5.74) is 0.195. The smallest absolute Gasteiger partial charge is 0.104 e. The van der Waals surface area contributed by atoms with Gasteiger partial charge in [-0.05, 0) is 45.7 Å². The van der Waals surface area contributed by atoms with Crippen molar-refractivity contribution in [2.24, 2.45) is 5.41 Å². The zero-order chi connectivity index (χ0) is 18.8. The standard InChI is InChI=1S/C19H41NO4/c1-10-18(3,15-19(4,11-2)20(5)6)17(23-9)14-24-13-16(22-8)12-21-7/h16-17H,10-15H2,1-9H3. The van der Waals surface area contributed by atoms with E-state index in [2.05, 4.69) is 46.7 Å². The Hall–Kier alpha value is -0.200. The van der Waals surface area contributed by atoms with E-state index in [0.717, 1.165) is 19.3 Å². The molecule has 0 radical (unpaired) electrons. The molecule has 0 aliphatic rings. The maximum Gasteiger partial charge on any atom is 0.104 e. The first kappa shape index (κ1) is 23.8. The molecule has 0 fully saturated rings. The van der Waals surface area contributed by atoms with Crippen molar-refractivity contribution in [3.8, 4) is 0 Å². The number of rotatable bonds is 14. The highest BCUT2D eigenvalue weighted by atomic mass is 16.6. The van der Waals surface area contributed by atoms with Crippen molar-refractivity contribution in [1.29, 1.82) is 0 Å². The molecule has 0 rings (SSSR count). The lowest BCUT2D eigenvalue weighted by Crippen LogP contribution is -2.49. The average Bonchev–Trinajstić information content (AvgIpc) is 2.57. The highest BCUT2D eigenvalue weighted by Crippen LogP contribution is 2.39. The quantitative estimate of drug-likeness (QED) is 0.482. The van der Waals surface area contributed by atoms with Gasteiger partial charge >= 0.3 is 0 Å². The summed E-state index contributed by atoms with van der Waals surface area (Å²) in [4.78, 5) is 2.33. The maximum absolute atomic E-state index is 5.91. The van der Waals surface area contributed by atoms with E-state index in [1.165, 1.54) is 0 Å². The van der Waals surface area contributed by atoms with Crippen LogP contribution in [0.3, 0.4) is 0 Å². The molecule has 146 valence electrons. The summed E-state index contributed by atoms with van der Waals surface area (Å²) in [6, 6.07) is 0. The predicted molar refractivity (Wildman–Crippen MR) is 99.7 cm³/mol. The Morgan fingerprint density at radius 2 is 1.50 bits per heavy atom. The minimum atomic E-state index is -0.0388. The van der Waals surface area contributed by atoms with Gasteiger partial charge in [0.25, 0.3) is 0 Å². The minimum Gasteiger partial charge on any atom is -0.382 e. The van der Waals surface area contributed by atoms with E-state index in [1.54, 1.807) is 21.3 Å². The molecule has 0 heterocycles. The number of methoxy groups -OCH3 is 3. The van der Waals surface area contributed by atoms with Crippen molar-refractivity contribution in [2.45, 2.75) is 64.7 Å². The van der Waals surface area contributed by atoms with Crippen molar-refractivity contribution >= 4 is 0 Å². The van der Waals surface area contributed by atoms with Crippen LogP contribution >= 0.6 is 0 Å². The fraction of sp³-hybridized carbons (Fsp3) is 1.00. The molecule has 0 aliphatic carbocycles. The first-order chi connectivity index (χ1) is 11.2. The molecule has 0 N–H and O–H groups in total. The molecule has 0 aromatic heterocycles. The largest absolute Gasteiger partial charge is 0.382 e. The van der Waals surface area contributed by atoms with Gasteiger partial charge in [0.1, 0.15) is 6.10 Å². The Kier molecular flexibility index (Phi) is 11.3. The summed E-state index contributed by atoms with van der Waals surface area (Å²) < 4.78 is 22.2. The van der Waals surface area contributed by atoms with Crippen LogP contribution in [0.1, 0.15) is 47.0 Å². The molecular weight excluding hydrogens is 306 g/mol. The normalized spacial score (nSPS) is 19.8. The summed E-state index contributed by atoms with van der Waals surface area (Å²) in [7, 11) is 9.45. The third-order valence-corrected chi connectivity index (χ3v) is 5.75. The first-order valence-corrected chi connectivity index (χ1v) is 9.02. The monoisotopic (exact) mass is 347 g/mol. The Morgan fingerprint density at radius 1 is 0.875 bits per heavy atom. The average molecular weight is 348 g/mol. The summed E-state index contributed by atoms with van der Waals surface area (Å²) >= 11 is 0. The van der Waals surface area contributed by atoms with E-state index in [0.29, 0.717) is 19.8 Å². The van der Waals surface area contributed by atoms with Crippen LogP contribution in [-0.4, -0.2) is 77.9 Å². The highest BCUT2D eigenvalue weighted by Gasteiger charge is 2.40. The highest BCUT2D eigenvalue weighted by molar-refractivity contribution is 4.93. The van der Waals surface area contributed by atoms with E-state index < -0.39 is 0 Å². The second-order valence-corrected chi connectivity index (χ2v) is 7.50. The zero-order valence-electron chi connectivity index (χ0n) is 17.5. The van der Waals surface area contributed by atoms with E-state index in [9.17, 15) is 0 Å². The van der Waals surface area contributed by atoms with E-state index in [4.69, 9.17) is 18.9 Å².